The lowest BCUT2D eigenvalue weighted by atomic mass is 10.0. The molecule has 0 radical (unpaired) electrons. The lowest BCUT2D eigenvalue weighted by Gasteiger charge is -2.10. The van der Waals surface area contributed by atoms with Gasteiger partial charge in [-0.25, -0.2) is 15.0 Å². The quantitative estimate of drug-likeness (QED) is 0.187. The first-order valence-corrected chi connectivity index (χ1v) is 16.6. The number of furan rings is 2. The van der Waals surface area contributed by atoms with Crippen LogP contribution in [0.15, 0.2) is 173 Å². The fourth-order valence-electron chi connectivity index (χ4n) is 6.88. The normalized spacial score (nSPS) is 11.6. The third-order valence-corrected chi connectivity index (χ3v) is 9.38. The maximum Gasteiger partial charge on any atom is 0.164 e. The van der Waals surface area contributed by atoms with Crippen LogP contribution >= 0.6 is 0 Å². The first-order chi connectivity index (χ1) is 24.7. The van der Waals surface area contributed by atoms with E-state index in [9.17, 15) is 0 Å². The molecule has 10 aromatic rings. The minimum Gasteiger partial charge on any atom is -0.456 e. The molecule has 234 valence electrons. The molecule has 7 aromatic carbocycles. The van der Waals surface area contributed by atoms with Crippen LogP contribution in [0.3, 0.4) is 0 Å². The van der Waals surface area contributed by atoms with Gasteiger partial charge in [0.1, 0.15) is 22.3 Å². The topological polar surface area (TPSA) is 65.0 Å². The lowest BCUT2D eigenvalue weighted by Crippen LogP contribution is -2.00. The summed E-state index contributed by atoms with van der Waals surface area (Å²) in [6.45, 7) is 0. The number of para-hydroxylation sites is 2. The van der Waals surface area contributed by atoms with Gasteiger partial charge in [0, 0.05) is 38.2 Å². The maximum absolute atomic E-state index is 6.22. The minimum absolute atomic E-state index is 0.591. The third-order valence-electron chi connectivity index (χ3n) is 9.38. The van der Waals surface area contributed by atoms with Crippen LogP contribution in [0.25, 0.3) is 100 Å². The van der Waals surface area contributed by atoms with Gasteiger partial charge in [0.25, 0.3) is 0 Å². The van der Waals surface area contributed by atoms with Crippen LogP contribution in [-0.2, 0) is 0 Å². The zero-order valence-electron chi connectivity index (χ0n) is 26.7. The largest absolute Gasteiger partial charge is 0.456 e. The van der Waals surface area contributed by atoms with E-state index in [2.05, 4.69) is 109 Å². The number of rotatable bonds is 5. The Morgan fingerprint density at radius 3 is 1.50 bits per heavy atom. The van der Waals surface area contributed by atoms with Crippen LogP contribution in [0, 0.1) is 0 Å². The zero-order valence-corrected chi connectivity index (χ0v) is 26.7. The molecule has 0 spiro atoms. The second-order valence-corrected chi connectivity index (χ2v) is 12.4. The number of nitrogens with zero attached hydrogens (tertiary/aromatic N) is 3. The number of benzene rings is 7. The van der Waals surface area contributed by atoms with E-state index < -0.39 is 0 Å². The Balaban J connectivity index is 1.09. The van der Waals surface area contributed by atoms with Crippen molar-refractivity contribution in [2.45, 2.75) is 0 Å². The monoisotopic (exact) mass is 641 g/mol. The molecule has 0 N–H and O–H groups in total. The van der Waals surface area contributed by atoms with Gasteiger partial charge in [-0.2, -0.15) is 0 Å². The van der Waals surface area contributed by atoms with Crippen LogP contribution in [0.2, 0.25) is 0 Å². The first kappa shape index (κ1) is 28.2. The number of fused-ring (bicyclic) bond motifs is 6. The van der Waals surface area contributed by atoms with Gasteiger partial charge >= 0.3 is 0 Å². The summed E-state index contributed by atoms with van der Waals surface area (Å²) in [6.07, 6.45) is 0. The SMILES string of the molecule is c1ccc(-c2ccc(-c3nc(-c4ccc(-c5ccc6c(c5)oc5ccccc56)cc4)nc(-c4cccc5oc6ccccc6c45)n3)cc2)cc1. The Bertz CT molecular complexity index is 2850. The highest BCUT2D eigenvalue weighted by molar-refractivity contribution is 6.11. The summed E-state index contributed by atoms with van der Waals surface area (Å²) in [5, 5.41) is 4.25. The number of hydrogen-bond acceptors (Lipinski definition) is 5. The predicted octanol–water partition coefficient (Wildman–Crippen LogP) is 12.0. The highest BCUT2D eigenvalue weighted by Crippen LogP contribution is 2.37. The van der Waals surface area contributed by atoms with E-state index in [4.69, 9.17) is 23.8 Å². The molecule has 0 saturated carbocycles. The van der Waals surface area contributed by atoms with E-state index >= 15 is 0 Å². The molecule has 0 aliphatic rings. The van der Waals surface area contributed by atoms with Gasteiger partial charge in [-0.05, 0) is 52.6 Å². The summed E-state index contributed by atoms with van der Waals surface area (Å²) in [5.41, 5.74) is 10.6. The van der Waals surface area contributed by atoms with Crippen molar-refractivity contribution < 1.29 is 8.83 Å². The lowest BCUT2D eigenvalue weighted by molar-refractivity contribution is 0.668. The van der Waals surface area contributed by atoms with Crippen molar-refractivity contribution in [1.82, 2.24) is 15.0 Å². The van der Waals surface area contributed by atoms with Crippen LogP contribution in [0.5, 0.6) is 0 Å². The molecule has 0 aliphatic carbocycles. The van der Waals surface area contributed by atoms with Crippen molar-refractivity contribution in [3.8, 4) is 56.4 Å². The van der Waals surface area contributed by atoms with Crippen molar-refractivity contribution in [3.63, 3.8) is 0 Å². The summed E-state index contributed by atoms with van der Waals surface area (Å²) < 4.78 is 12.4. The Labute approximate surface area is 287 Å². The van der Waals surface area contributed by atoms with Gasteiger partial charge in [-0.15, -0.1) is 0 Å². The molecular formula is C45H27N3O2. The fourth-order valence-corrected chi connectivity index (χ4v) is 6.88. The highest BCUT2D eigenvalue weighted by Gasteiger charge is 2.18. The van der Waals surface area contributed by atoms with E-state index in [0.717, 1.165) is 82.8 Å². The van der Waals surface area contributed by atoms with Crippen molar-refractivity contribution in [2.24, 2.45) is 0 Å². The van der Waals surface area contributed by atoms with Crippen LogP contribution < -0.4 is 0 Å². The summed E-state index contributed by atoms with van der Waals surface area (Å²) in [5.74, 6) is 1.80. The van der Waals surface area contributed by atoms with Gasteiger partial charge in [-0.3, -0.25) is 0 Å². The number of hydrogen-bond donors (Lipinski definition) is 0. The second kappa shape index (κ2) is 11.4. The third kappa shape index (κ3) is 4.75. The van der Waals surface area contributed by atoms with Gasteiger partial charge in [0.15, 0.2) is 17.5 Å². The van der Waals surface area contributed by atoms with E-state index in [0.29, 0.717) is 17.5 Å². The Morgan fingerprint density at radius 1 is 0.300 bits per heavy atom. The number of aromatic nitrogens is 3. The van der Waals surface area contributed by atoms with Gasteiger partial charge < -0.3 is 8.83 Å². The smallest absolute Gasteiger partial charge is 0.164 e. The fraction of sp³-hybridized carbons (Fsp3) is 0. The molecule has 3 aromatic heterocycles. The van der Waals surface area contributed by atoms with Crippen LogP contribution in [0.4, 0.5) is 0 Å². The second-order valence-electron chi connectivity index (χ2n) is 12.4. The standard InChI is InChI=1S/C45H27N3O2/c1-2-9-28(10-3-1)29-17-21-31(22-18-29)43-46-44(48-45(47-43)37-13-8-16-40-42(37)36-12-5-7-15-39(36)49-40)32-23-19-30(20-24-32)33-25-26-35-34-11-4-6-14-38(34)50-41(35)27-33/h1-27H. The summed E-state index contributed by atoms with van der Waals surface area (Å²) in [4.78, 5) is 15.2. The molecule has 50 heavy (non-hydrogen) atoms. The molecule has 5 heteroatoms. The van der Waals surface area contributed by atoms with Crippen molar-refractivity contribution in [3.05, 3.63) is 164 Å². The highest BCUT2D eigenvalue weighted by atomic mass is 16.3. The molecule has 0 fully saturated rings. The average Bonchev–Trinajstić information content (AvgIpc) is 3.76. The molecule has 0 amide bonds. The minimum atomic E-state index is 0.591. The van der Waals surface area contributed by atoms with Gasteiger partial charge in [0.05, 0.1) is 0 Å². The van der Waals surface area contributed by atoms with E-state index in [1.807, 2.05) is 54.6 Å². The molecule has 10 rings (SSSR count). The Morgan fingerprint density at radius 2 is 0.780 bits per heavy atom. The van der Waals surface area contributed by atoms with Gasteiger partial charge in [0.2, 0.25) is 0 Å². The first-order valence-electron chi connectivity index (χ1n) is 16.6. The van der Waals surface area contributed by atoms with Crippen molar-refractivity contribution in [1.29, 1.82) is 0 Å². The van der Waals surface area contributed by atoms with Crippen LogP contribution in [-0.4, -0.2) is 15.0 Å². The Kier molecular flexibility index (Phi) is 6.42. The molecule has 0 saturated heterocycles. The molecule has 5 nitrogen and oxygen atoms in total. The summed E-state index contributed by atoms with van der Waals surface area (Å²) in [7, 11) is 0. The maximum atomic E-state index is 6.22. The summed E-state index contributed by atoms with van der Waals surface area (Å²) in [6, 6.07) is 55.8. The Hall–Kier alpha value is -6.85. The molecule has 0 bridgehead atoms. The molecule has 0 unspecified atom stereocenters. The van der Waals surface area contributed by atoms with Crippen molar-refractivity contribution in [2.75, 3.05) is 0 Å². The van der Waals surface area contributed by atoms with Crippen molar-refractivity contribution >= 4 is 43.9 Å². The van der Waals surface area contributed by atoms with Gasteiger partial charge in [-0.1, -0.05) is 133 Å². The molecule has 3 heterocycles. The zero-order chi connectivity index (χ0) is 33.0. The predicted molar refractivity (Wildman–Crippen MR) is 202 cm³/mol. The van der Waals surface area contributed by atoms with Crippen LogP contribution in [0.1, 0.15) is 0 Å². The molecule has 0 atom stereocenters. The summed E-state index contributed by atoms with van der Waals surface area (Å²) >= 11 is 0. The van der Waals surface area contributed by atoms with E-state index in [1.165, 1.54) is 0 Å². The van der Waals surface area contributed by atoms with E-state index in [-0.39, 0.29) is 0 Å². The van der Waals surface area contributed by atoms with E-state index in [1.54, 1.807) is 0 Å². The average molecular weight is 642 g/mol. The molecule has 0 aliphatic heterocycles. The molecular weight excluding hydrogens is 615 g/mol.